The van der Waals surface area contributed by atoms with E-state index in [4.69, 9.17) is 5.11 Å². The molecule has 1 aromatic heterocycles. The number of aryl methyl sites for hydroxylation is 1. The van der Waals surface area contributed by atoms with Gasteiger partial charge in [-0.3, -0.25) is 9.59 Å². The Balaban J connectivity index is 1.64. The van der Waals surface area contributed by atoms with Gasteiger partial charge in [0.15, 0.2) is 5.13 Å². The van der Waals surface area contributed by atoms with Crippen LogP contribution < -0.4 is 10.6 Å². The van der Waals surface area contributed by atoms with Gasteiger partial charge in [0.1, 0.15) is 0 Å². The third kappa shape index (κ3) is 5.15. The molecule has 3 rings (SSSR count). The van der Waals surface area contributed by atoms with E-state index in [9.17, 15) is 9.59 Å². The minimum atomic E-state index is -0.987. The third-order valence-electron chi connectivity index (χ3n) is 3.92. The molecular weight excluding hydrogens is 362 g/mol. The second-order valence-electron chi connectivity index (χ2n) is 6.00. The molecule has 1 heterocycles. The maximum absolute atomic E-state index is 11.7. The topological polar surface area (TPSA) is 91.3 Å². The Bertz CT molecular complexity index is 951. The second-order valence-corrected chi connectivity index (χ2v) is 6.86. The summed E-state index contributed by atoms with van der Waals surface area (Å²) in [4.78, 5) is 26.8. The molecule has 0 aliphatic carbocycles. The Hall–Kier alpha value is -3.19. The Kier molecular flexibility index (Phi) is 5.83. The number of rotatable bonds is 7. The third-order valence-corrected chi connectivity index (χ3v) is 4.68. The summed E-state index contributed by atoms with van der Waals surface area (Å²) >= 11 is 1.52. The van der Waals surface area contributed by atoms with Gasteiger partial charge >= 0.3 is 5.97 Å². The lowest BCUT2D eigenvalue weighted by atomic mass is 10.1. The fourth-order valence-electron chi connectivity index (χ4n) is 2.46. The van der Waals surface area contributed by atoms with Crippen molar-refractivity contribution in [1.82, 2.24) is 4.98 Å². The SMILES string of the molecule is Cc1ccccc1Nc1nc(-c2ccc(NC(=O)CCC(=O)O)cc2)cs1. The summed E-state index contributed by atoms with van der Waals surface area (Å²) < 4.78 is 0. The molecule has 138 valence electrons. The molecular formula is C20H19N3O3S. The maximum atomic E-state index is 11.7. The first kappa shape index (κ1) is 18.6. The summed E-state index contributed by atoms with van der Waals surface area (Å²) in [6.45, 7) is 2.04. The van der Waals surface area contributed by atoms with E-state index in [1.54, 1.807) is 12.1 Å². The minimum Gasteiger partial charge on any atom is -0.481 e. The number of para-hydroxylation sites is 1. The molecule has 3 N–H and O–H groups in total. The van der Waals surface area contributed by atoms with Crippen LogP contribution in [-0.4, -0.2) is 22.0 Å². The molecule has 0 aliphatic rings. The second kappa shape index (κ2) is 8.46. The first-order valence-corrected chi connectivity index (χ1v) is 9.29. The van der Waals surface area contributed by atoms with Crippen molar-refractivity contribution >= 4 is 39.7 Å². The lowest BCUT2D eigenvalue weighted by molar-refractivity contribution is -0.138. The summed E-state index contributed by atoms with van der Waals surface area (Å²) in [5.74, 6) is -1.30. The highest BCUT2D eigenvalue weighted by Crippen LogP contribution is 2.28. The van der Waals surface area contributed by atoms with Gasteiger partial charge < -0.3 is 15.7 Å². The molecule has 3 aromatic rings. The summed E-state index contributed by atoms with van der Waals surface area (Å²) in [6.07, 6.45) is -0.226. The zero-order valence-corrected chi connectivity index (χ0v) is 15.5. The monoisotopic (exact) mass is 381 g/mol. The van der Waals surface area contributed by atoms with Crippen LogP contribution in [0.5, 0.6) is 0 Å². The predicted octanol–water partition coefficient (Wildman–Crippen LogP) is 4.67. The summed E-state index contributed by atoms with van der Waals surface area (Å²) in [6, 6.07) is 15.3. The van der Waals surface area contributed by atoms with Crippen molar-refractivity contribution in [2.75, 3.05) is 10.6 Å². The first-order valence-electron chi connectivity index (χ1n) is 8.41. The van der Waals surface area contributed by atoms with Crippen molar-refractivity contribution in [3.8, 4) is 11.3 Å². The van der Waals surface area contributed by atoms with Crippen LogP contribution in [0.25, 0.3) is 11.3 Å². The van der Waals surface area contributed by atoms with Crippen molar-refractivity contribution < 1.29 is 14.7 Å². The Morgan fingerprint density at radius 2 is 1.81 bits per heavy atom. The molecule has 0 saturated carbocycles. The standard InChI is InChI=1S/C20H19N3O3S/c1-13-4-2-3-5-16(13)22-20-23-17(12-27-20)14-6-8-15(9-7-14)21-18(24)10-11-19(25)26/h2-9,12H,10-11H2,1H3,(H,21,24)(H,22,23)(H,25,26). The van der Waals surface area contributed by atoms with Crippen molar-refractivity contribution in [3.05, 3.63) is 59.5 Å². The van der Waals surface area contributed by atoms with Crippen LogP contribution in [0.4, 0.5) is 16.5 Å². The quantitative estimate of drug-likeness (QED) is 0.553. The van der Waals surface area contributed by atoms with E-state index in [-0.39, 0.29) is 18.7 Å². The summed E-state index contributed by atoms with van der Waals surface area (Å²) in [5, 5.41) is 17.4. The number of carbonyl (C=O) groups excluding carboxylic acids is 1. The fourth-order valence-corrected chi connectivity index (χ4v) is 3.19. The summed E-state index contributed by atoms with van der Waals surface area (Å²) in [7, 11) is 0. The molecule has 6 nitrogen and oxygen atoms in total. The molecule has 0 atom stereocenters. The average molecular weight is 381 g/mol. The summed E-state index contributed by atoms with van der Waals surface area (Å²) in [5.41, 5.74) is 4.59. The molecule has 0 spiro atoms. The number of carboxylic acids is 1. The maximum Gasteiger partial charge on any atom is 0.303 e. The van der Waals surface area contributed by atoms with Gasteiger partial charge in [0.25, 0.3) is 0 Å². The van der Waals surface area contributed by atoms with E-state index in [0.29, 0.717) is 5.69 Å². The number of nitrogens with one attached hydrogen (secondary N) is 2. The van der Waals surface area contributed by atoms with Crippen molar-refractivity contribution in [2.45, 2.75) is 19.8 Å². The molecule has 0 fully saturated rings. The lowest BCUT2D eigenvalue weighted by Crippen LogP contribution is -2.13. The molecule has 27 heavy (non-hydrogen) atoms. The molecule has 2 aromatic carbocycles. The fraction of sp³-hybridized carbons (Fsp3) is 0.150. The first-order chi connectivity index (χ1) is 13.0. The normalized spacial score (nSPS) is 10.4. The predicted molar refractivity (Wildman–Crippen MR) is 108 cm³/mol. The van der Waals surface area contributed by atoms with Crippen LogP contribution in [0.15, 0.2) is 53.9 Å². The number of benzene rings is 2. The van der Waals surface area contributed by atoms with Crippen LogP contribution in [0, 0.1) is 6.92 Å². The van der Waals surface area contributed by atoms with E-state index in [1.165, 1.54) is 11.3 Å². The molecule has 0 bridgehead atoms. The number of thiazole rings is 1. The number of aliphatic carboxylic acids is 1. The minimum absolute atomic E-state index is 0.0445. The van der Waals surface area contributed by atoms with Crippen LogP contribution >= 0.6 is 11.3 Å². The van der Waals surface area contributed by atoms with Gasteiger partial charge in [-0.1, -0.05) is 30.3 Å². The van der Waals surface area contributed by atoms with Crippen LogP contribution in [0.3, 0.4) is 0 Å². The number of carboxylic acid groups (broad SMARTS) is 1. The highest BCUT2D eigenvalue weighted by Gasteiger charge is 2.08. The number of carbonyl (C=O) groups is 2. The van der Waals surface area contributed by atoms with Gasteiger partial charge in [0.05, 0.1) is 12.1 Å². The number of hydrogen-bond acceptors (Lipinski definition) is 5. The number of nitrogens with zero attached hydrogens (tertiary/aromatic N) is 1. The van der Waals surface area contributed by atoms with Crippen molar-refractivity contribution in [2.24, 2.45) is 0 Å². The Labute approximate surface area is 160 Å². The smallest absolute Gasteiger partial charge is 0.303 e. The van der Waals surface area contributed by atoms with Gasteiger partial charge in [-0.25, -0.2) is 4.98 Å². The zero-order chi connectivity index (χ0) is 19.2. The number of anilines is 3. The molecule has 0 unspecified atom stereocenters. The van der Waals surface area contributed by atoms with Crippen molar-refractivity contribution in [1.29, 1.82) is 0 Å². The molecule has 0 saturated heterocycles. The number of hydrogen-bond donors (Lipinski definition) is 3. The van der Waals surface area contributed by atoms with E-state index >= 15 is 0 Å². The van der Waals surface area contributed by atoms with Gasteiger partial charge in [0.2, 0.25) is 5.91 Å². The van der Waals surface area contributed by atoms with Gasteiger partial charge in [-0.05, 0) is 30.7 Å². The molecule has 1 amide bonds. The Morgan fingerprint density at radius 1 is 1.07 bits per heavy atom. The van der Waals surface area contributed by atoms with E-state index < -0.39 is 5.97 Å². The zero-order valence-electron chi connectivity index (χ0n) is 14.7. The Morgan fingerprint density at radius 3 is 2.52 bits per heavy atom. The molecule has 0 aliphatic heterocycles. The van der Waals surface area contributed by atoms with E-state index in [1.807, 2.05) is 48.7 Å². The molecule has 7 heteroatoms. The average Bonchev–Trinajstić information content (AvgIpc) is 3.11. The largest absolute Gasteiger partial charge is 0.481 e. The van der Waals surface area contributed by atoms with Crippen molar-refractivity contribution in [3.63, 3.8) is 0 Å². The van der Waals surface area contributed by atoms with E-state index in [2.05, 4.69) is 15.6 Å². The highest BCUT2D eigenvalue weighted by molar-refractivity contribution is 7.14. The van der Waals surface area contributed by atoms with Gasteiger partial charge in [-0.15, -0.1) is 11.3 Å². The van der Waals surface area contributed by atoms with Crippen LogP contribution in [0.2, 0.25) is 0 Å². The van der Waals surface area contributed by atoms with Gasteiger partial charge in [-0.2, -0.15) is 0 Å². The highest BCUT2D eigenvalue weighted by atomic mass is 32.1. The van der Waals surface area contributed by atoms with Crippen LogP contribution in [-0.2, 0) is 9.59 Å². The number of amides is 1. The number of aromatic nitrogens is 1. The molecule has 0 radical (unpaired) electrons. The van der Waals surface area contributed by atoms with Gasteiger partial charge in [0, 0.05) is 28.7 Å². The van der Waals surface area contributed by atoms with E-state index in [0.717, 1.165) is 27.6 Å². The lowest BCUT2D eigenvalue weighted by Gasteiger charge is -2.06. The van der Waals surface area contributed by atoms with Crippen LogP contribution in [0.1, 0.15) is 18.4 Å².